The summed E-state index contributed by atoms with van der Waals surface area (Å²) in [5.41, 5.74) is 1.87. The van der Waals surface area contributed by atoms with Crippen molar-refractivity contribution in [3.8, 4) is 11.4 Å². The van der Waals surface area contributed by atoms with Gasteiger partial charge in [0.1, 0.15) is 10.6 Å². The van der Waals surface area contributed by atoms with Gasteiger partial charge in [-0.15, -0.1) is 0 Å². The minimum absolute atomic E-state index is 0.105. The molecule has 1 aliphatic heterocycles. The maximum absolute atomic E-state index is 13.7. The first-order valence-corrected chi connectivity index (χ1v) is 13.7. The highest BCUT2D eigenvalue weighted by Gasteiger charge is 2.44. The van der Waals surface area contributed by atoms with Crippen molar-refractivity contribution < 1.29 is 17.9 Å². The lowest BCUT2D eigenvalue weighted by atomic mass is 10.1. The number of hydrogen-bond acceptors (Lipinski definition) is 7. The highest BCUT2D eigenvalue weighted by atomic mass is 32.2. The van der Waals surface area contributed by atoms with Gasteiger partial charge < -0.3 is 20.3 Å². The van der Waals surface area contributed by atoms with E-state index in [4.69, 9.17) is 14.7 Å². The average molecular weight is 502 g/mol. The van der Waals surface area contributed by atoms with Crippen LogP contribution in [0.5, 0.6) is 0 Å². The maximum Gasteiger partial charge on any atom is 0.318 e. The zero-order valence-electron chi connectivity index (χ0n) is 20.9. The van der Waals surface area contributed by atoms with Crippen molar-refractivity contribution >= 4 is 27.4 Å². The number of morpholine rings is 1. The molecule has 1 aromatic carbocycles. The molecular formula is C25H35N5O4S. The van der Waals surface area contributed by atoms with Crippen LogP contribution in [0.1, 0.15) is 52.1 Å². The third kappa shape index (κ3) is 5.13. The van der Waals surface area contributed by atoms with Gasteiger partial charge in [-0.1, -0.05) is 12.8 Å². The Balaban J connectivity index is 1.77. The molecule has 9 nitrogen and oxygen atoms in total. The normalized spacial score (nSPS) is 19.5. The van der Waals surface area contributed by atoms with Crippen LogP contribution in [0, 0.1) is 0 Å². The number of amides is 2. The van der Waals surface area contributed by atoms with Gasteiger partial charge >= 0.3 is 6.03 Å². The fraction of sp³-hybridized carbons (Fsp3) is 0.560. The highest BCUT2D eigenvalue weighted by molar-refractivity contribution is 7.92. The Hall–Kier alpha value is -2.72. The van der Waals surface area contributed by atoms with Crippen LogP contribution in [0.25, 0.3) is 11.4 Å². The van der Waals surface area contributed by atoms with Gasteiger partial charge in [-0.25, -0.2) is 23.2 Å². The van der Waals surface area contributed by atoms with E-state index < -0.39 is 14.6 Å². The van der Waals surface area contributed by atoms with Crippen molar-refractivity contribution in [2.75, 3.05) is 37.0 Å². The zero-order chi connectivity index (χ0) is 25.2. The van der Waals surface area contributed by atoms with Crippen LogP contribution in [0.15, 0.2) is 30.3 Å². The van der Waals surface area contributed by atoms with Gasteiger partial charge in [0.2, 0.25) is 0 Å². The van der Waals surface area contributed by atoms with E-state index >= 15 is 0 Å². The summed E-state index contributed by atoms with van der Waals surface area (Å²) in [5, 5.41) is 4.92. The van der Waals surface area contributed by atoms with E-state index in [1.807, 2.05) is 18.2 Å². The van der Waals surface area contributed by atoms with Gasteiger partial charge in [0.05, 0.1) is 30.2 Å². The van der Waals surface area contributed by atoms with Crippen LogP contribution in [0.3, 0.4) is 0 Å². The number of rotatable bonds is 6. The van der Waals surface area contributed by atoms with Crippen molar-refractivity contribution in [3.05, 3.63) is 36.0 Å². The van der Waals surface area contributed by atoms with Gasteiger partial charge in [0.25, 0.3) is 0 Å². The van der Waals surface area contributed by atoms with Crippen LogP contribution in [-0.2, 0) is 19.3 Å². The number of nitrogens with one attached hydrogen (secondary N) is 2. The monoisotopic (exact) mass is 501 g/mol. The predicted octanol–water partition coefficient (Wildman–Crippen LogP) is 3.71. The molecule has 2 aliphatic rings. The van der Waals surface area contributed by atoms with E-state index in [1.165, 1.54) is 0 Å². The lowest BCUT2D eigenvalue weighted by Gasteiger charge is -2.35. The van der Waals surface area contributed by atoms with Gasteiger partial charge in [0, 0.05) is 30.9 Å². The summed E-state index contributed by atoms with van der Waals surface area (Å²) >= 11 is 0. The molecule has 0 bridgehead atoms. The molecule has 190 valence electrons. The molecule has 2 N–H and O–H groups in total. The molecule has 0 radical (unpaired) electrons. The molecule has 2 amide bonds. The van der Waals surface area contributed by atoms with Crippen LogP contribution in [-0.4, -0.2) is 62.5 Å². The predicted molar refractivity (Wildman–Crippen MR) is 137 cm³/mol. The second-order valence-electron chi connectivity index (χ2n) is 9.80. The number of carbonyl (C=O) groups is 1. The fourth-order valence-corrected chi connectivity index (χ4v) is 6.93. The summed E-state index contributed by atoms with van der Waals surface area (Å²) in [6, 6.07) is 8.84. The summed E-state index contributed by atoms with van der Waals surface area (Å²) < 4.78 is 31.8. The van der Waals surface area contributed by atoms with Crippen LogP contribution >= 0.6 is 0 Å². The second kappa shape index (κ2) is 10.1. The minimum atomic E-state index is -3.46. The van der Waals surface area contributed by atoms with E-state index in [2.05, 4.69) is 22.5 Å². The van der Waals surface area contributed by atoms with Crippen molar-refractivity contribution in [1.29, 1.82) is 0 Å². The number of ether oxygens (including phenoxy) is 1. The van der Waals surface area contributed by atoms with Crippen molar-refractivity contribution in [2.45, 2.75) is 62.5 Å². The molecule has 35 heavy (non-hydrogen) atoms. The number of benzene rings is 1. The SMILES string of the molecule is CNC(=O)Nc1ccc(-c2nc(N3CCOC[C@@H]3C)cc(C(C)(C)S(=O)(=O)C3CCCC3)n2)cc1. The van der Waals surface area contributed by atoms with E-state index in [0.29, 0.717) is 55.6 Å². The van der Waals surface area contributed by atoms with Crippen LogP contribution in [0.4, 0.5) is 16.3 Å². The molecule has 1 saturated heterocycles. The van der Waals surface area contributed by atoms with Crippen LogP contribution in [0.2, 0.25) is 0 Å². The summed E-state index contributed by atoms with van der Waals surface area (Å²) in [4.78, 5) is 23.4. The highest BCUT2D eigenvalue weighted by Crippen LogP contribution is 2.39. The standard InChI is InChI=1S/C25H35N5O4S/c1-17-16-34-14-13-30(17)22-15-21(25(2,3)35(32,33)20-7-5-6-8-20)28-23(29-22)18-9-11-19(12-10-18)27-24(31)26-4/h9-12,15,17,20H,5-8,13-14,16H2,1-4H3,(H2,26,27,31)/t17-/m0/s1. The topological polar surface area (TPSA) is 114 Å². The Kier molecular flexibility index (Phi) is 7.32. The second-order valence-corrected chi connectivity index (χ2v) is 12.6. The van der Waals surface area contributed by atoms with Gasteiger partial charge in [-0.3, -0.25) is 0 Å². The first-order valence-electron chi connectivity index (χ1n) is 12.2. The van der Waals surface area contributed by atoms with Crippen molar-refractivity contribution in [3.63, 3.8) is 0 Å². The van der Waals surface area contributed by atoms with Crippen LogP contribution < -0.4 is 15.5 Å². The Morgan fingerprint density at radius 2 is 1.83 bits per heavy atom. The molecule has 0 unspecified atom stereocenters. The number of carbonyl (C=O) groups excluding carboxylic acids is 1. The molecule has 0 spiro atoms. The third-order valence-corrected chi connectivity index (χ3v) is 10.1. The van der Waals surface area contributed by atoms with E-state index in [0.717, 1.165) is 18.4 Å². The van der Waals surface area contributed by atoms with E-state index in [-0.39, 0.29) is 17.3 Å². The van der Waals surface area contributed by atoms with Gasteiger partial charge in [-0.2, -0.15) is 0 Å². The van der Waals surface area contributed by atoms with Crippen molar-refractivity contribution in [2.24, 2.45) is 0 Å². The molecular weight excluding hydrogens is 466 g/mol. The Morgan fingerprint density at radius 1 is 1.14 bits per heavy atom. The summed E-state index contributed by atoms with van der Waals surface area (Å²) in [5.74, 6) is 1.15. The molecule has 1 aromatic heterocycles. The number of sulfone groups is 1. The average Bonchev–Trinajstić information content (AvgIpc) is 3.40. The first kappa shape index (κ1) is 25.4. The summed E-state index contributed by atoms with van der Waals surface area (Å²) in [7, 11) is -1.91. The minimum Gasteiger partial charge on any atom is -0.377 e. The van der Waals surface area contributed by atoms with Gasteiger partial charge in [-0.05, 0) is 57.9 Å². The number of aromatic nitrogens is 2. The molecule has 4 rings (SSSR count). The Bertz CT molecular complexity index is 1160. The summed E-state index contributed by atoms with van der Waals surface area (Å²) in [6.07, 6.45) is 3.30. The third-order valence-electron chi connectivity index (χ3n) is 7.07. The molecule has 1 atom stereocenters. The molecule has 1 saturated carbocycles. The molecule has 1 aliphatic carbocycles. The number of anilines is 2. The Morgan fingerprint density at radius 3 is 2.46 bits per heavy atom. The molecule has 2 aromatic rings. The zero-order valence-corrected chi connectivity index (χ0v) is 21.7. The lowest BCUT2D eigenvalue weighted by Crippen LogP contribution is -2.44. The lowest BCUT2D eigenvalue weighted by molar-refractivity contribution is 0.0985. The summed E-state index contributed by atoms with van der Waals surface area (Å²) in [6.45, 7) is 7.42. The molecule has 2 heterocycles. The maximum atomic E-state index is 13.7. The molecule has 10 heteroatoms. The van der Waals surface area contributed by atoms with Gasteiger partial charge in [0.15, 0.2) is 15.7 Å². The van der Waals surface area contributed by atoms with Crippen molar-refractivity contribution in [1.82, 2.24) is 15.3 Å². The number of urea groups is 1. The fourth-order valence-electron chi connectivity index (χ4n) is 4.74. The smallest absolute Gasteiger partial charge is 0.318 e. The first-order chi connectivity index (χ1) is 16.6. The van der Waals surface area contributed by atoms with E-state index in [1.54, 1.807) is 33.0 Å². The Labute approximate surface area is 207 Å². The van der Waals surface area contributed by atoms with E-state index in [9.17, 15) is 13.2 Å². The number of hydrogen-bond donors (Lipinski definition) is 2. The quantitative estimate of drug-likeness (QED) is 0.620. The number of nitrogens with zero attached hydrogens (tertiary/aromatic N) is 3. The largest absolute Gasteiger partial charge is 0.377 e. The molecule has 2 fully saturated rings.